The number of rotatable bonds is 7. The molecule has 144 valence electrons. The Balaban J connectivity index is 3.52. The lowest BCUT2D eigenvalue weighted by Crippen LogP contribution is -2.35. The summed E-state index contributed by atoms with van der Waals surface area (Å²) in [7, 11) is 1.44. The zero-order valence-electron chi connectivity index (χ0n) is 13.4. The molecule has 1 atom stereocenters. The molecule has 3 amide bonds. The van der Waals surface area contributed by atoms with Gasteiger partial charge in [-0.3, -0.25) is 14.4 Å². The minimum Gasteiger partial charge on any atom is -0.394 e. The fourth-order valence-electron chi connectivity index (χ4n) is 1.84. The van der Waals surface area contributed by atoms with Crippen LogP contribution in [0.3, 0.4) is 0 Å². The summed E-state index contributed by atoms with van der Waals surface area (Å²) < 4.78 is 1.17. The van der Waals surface area contributed by atoms with Gasteiger partial charge < -0.3 is 31.3 Å². The van der Waals surface area contributed by atoms with Crippen molar-refractivity contribution >= 4 is 91.2 Å². The van der Waals surface area contributed by atoms with Crippen LogP contribution < -0.4 is 16.0 Å². The molecule has 6 N–H and O–H groups in total. The van der Waals surface area contributed by atoms with E-state index in [1.807, 2.05) is 67.8 Å². The van der Waals surface area contributed by atoms with Crippen LogP contribution in [-0.2, 0) is 4.79 Å². The van der Waals surface area contributed by atoms with Crippen LogP contribution in [0, 0.1) is 10.7 Å². The van der Waals surface area contributed by atoms with Gasteiger partial charge in [-0.2, -0.15) is 0 Å². The number of aliphatic hydroxyl groups excluding tert-OH is 3. The van der Waals surface area contributed by atoms with E-state index >= 15 is 0 Å². The highest BCUT2D eigenvalue weighted by Crippen LogP contribution is 2.35. The van der Waals surface area contributed by atoms with Crippen molar-refractivity contribution < 1.29 is 29.7 Å². The smallest absolute Gasteiger partial charge is 0.253 e. The average molecular weight is 703 g/mol. The summed E-state index contributed by atoms with van der Waals surface area (Å²) in [6.45, 7) is -1.44. The van der Waals surface area contributed by atoms with Crippen LogP contribution in [0.25, 0.3) is 0 Å². The van der Waals surface area contributed by atoms with E-state index in [0.717, 1.165) is 0 Å². The van der Waals surface area contributed by atoms with Crippen LogP contribution in [0.4, 0.5) is 5.69 Å². The Labute approximate surface area is 190 Å². The first-order valence-electron chi connectivity index (χ1n) is 7.09. The van der Waals surface area contributed by atoms with Crippen LogP contribution in [0.5, 0.6) is 0 Å². The summed E-state index contributed by atoms with van der Waals surface area (Å²) in [4.78, 5) is 36.5. The fraction of sp³-hybridized carbons (Fsp3) is 0.357. The number of amides is 3. The predicted octanol–water partition coefficient (Wildman–Crippen LogP) is -0.126. The number of carbonyl (C=O) groups excluding carboxylic acids is 3. The standard InChI is InChI=1S/C14H16I3N3O6/c1-18-13(25)7-9(15)8(14(26)19-2-5(23)3-21)11(17)12(10(7)16)20-6(24)4-22/h5,21-23H,2-4H2,1H3,(H,18,25)(H,19,26)(H,20,24). The molecule has 12 heteroatoms. The highest BCUT2D eigenvalue weighted by molar-refractivity contribution is 14.1. The number of hydrogen-bond donors (Lipinski definition) is 6. The first kappa shape index (κ1) is 23.7. The van der Waals surface area contributed by atoms with Crippen molar-refractivity contribution in [2.75, 3.05) is 32.1 Å². The minimum absolute atomic E-state index is 0.142. The van der Waals surface area contributed by atoms with E-state index < -0.39 is 37.0 Å². The Morgan fingerprint density at radius 3 is 2.00 bits per heavy atom. The molecule has 0 saturated carbocycles. The van der Waals surface area contributed by atoms with Crippen LogP contribution in [0.15, 0.2) is 0 Å². The van der Waals surface area contributed by atoms with Crippen molar-refractivity contribution in [3.63, 3.8) is 0 Å². The molecular weight excluding hydrogens is 687 g/mol. The summed E-state index contributed by atoms with van der Waals surface area (Å²) in [6, 6.07) is 0. The minimum atomic E-state index is -1.12. The van der Waals surface area contributed by atoms with Crippen molar-refractivity contribution in [1.29, 1.82) is 0 Å². The largest absolute Gasteiger partial charge is 0.394 e. The maximum Gasteiger partial charge on any atom is 0.253 e. The van der Waals surface area contributed by atoms with Gasteiger partial charge in [0.1, 0.15) is 6.61 Å². The van der Waals surface area contributed by atoms with Crippen molar-refractivity contribution in [3.8, 4) is 0 Å². The van der Waals surface area contributed by atoms with Gasteiger partial charge in [0.25, 0.3) is 11.8 Å². The third kappa shape index (κ3) is 5.60. The third-order valence-corrected chi connectivity index (χ3v) is 6.35. The number of halogens is 3. The number of aliphatic hydroxyl groups is 3. The van der Waals surface area contributed by atoms with Gasteiger partial charge in [0, 0.05) is 17.2 Å². The Kier molecular flexibility index (Phi) is 9.94. The molecule has 9 nitrogen and oxygen atoms in total. The van der Waals surface area contributed by atoms with Gasteiger partial charge in [0.15, 0.2) is 0 Å². The van der Waals surface area contributed by atoms with E-state index in [-0.39, 0.29) is 23.4 Å². The summed E-state index contributed by atoms with van der Waals surface area (Å²) in [5, 5.41) is 34.7. The molecule has 1 unspecified atom stereocenters. The van der Waals surface area contributed by atoms with Crippen LogP contribution in [-0.4, -0.2) is 66.0 Å². The highest BCUT2D eigenvalue weighted by atomic mass is 127. The van der Waals surface area contributed by atoms with Crippen molar-refractivity contribution in [1.82, 2.24) is 10.6 Å². The molecule has 26 heavy (non-hydrogen) atoms. The molecule has 0 aliphatic heterocycles. The molecule has 0 aliphatic rings. The van der Waals surface area contributed by atoms with Crippen molar-refractivity contribution in [3.05, 3.63) is 21.8 Å². The van der Waals surface area contributed by atoms with Crippen LogP contribution in [0.2, 0.25) is 0 Å². The molecule has 1 aromatic rings. The van der Waals surface area contributed by atoms with Crippen molar-refractivity contribution in [2.24, 2.45) is 0 Å². The van der Waals surface area contributed by atoms with E-state index in [9.17, 15) is 19.5 Å². The molecule has 0 spiro atoms. The molecule has 0 heterocycles. The maximum atomic E-state index is 12.6. The predicted molar refractivity (Wildman–Crippen MR) is 119 cm³/mol. The molecule has 0 aromatic heterocycles. The summed E-state index contributed by atoms with van der Waals surface area (Å²) in [5.41, 5.74) is 0.580. The molecule has 0 bridgehead atoms. The molecule has 0 aliphatic carbocycles. The lowest BCUT2D eigenvalue weighted by atomic mass is 10.1. The SMILES string of the molecule is CNC(=O)c1c(I)c(NC(=O)CO)c(I)c(C(=O)NCC(O)CO)c1I. The highest BCUT2D eigenvalue weighted by Gasteiger charge is 2.28. The number of nitrogens with one attached hydrogen (secondary N) is 3. The van der Waals surface area contributed by atoms with Crippen LogP contribution >= 0.6 is 67.8 Å². The molecular formula is C14H16I3N3O6. The Morgan fingerprint density at radius 2 is 1.54 bits per heavy atom. The van der Waals surface area contributed by atoms with Crippen molar-refractivity contribution in [2.45, 2.75) is 6.10 Å². The topological polar surface area (TPSA) is 148 Å². The van der Waals surface area contributed by atoms with Gasteiger partial charge in [-0.05, 0) is 67.8 Å². The van der Waals surface area contributed by atoms with Gasteiger partial charge in [-0.25, -0.2) is 0 Å². The molecule has 1 aromatic carbocycles. The summed E-state index contributed by atoms with van der Waals surface area (Å²) >= 11 is 5.62. The number of hydrogen-bond acceptors (Lipinski definition) is 6. The first-order chi connectivity index (χ1) is 12.2. The van der Waals surface area contributed by atoms with E-state index in [2.05, 4.69) is 16.0 Å². The zero-order chi connectivity index (χ0) is 20.0. The lowest BCUT2D eigenvalue weighted by molar-refractivity contribution is -0.118. The third-order valence-electron chi connectivity index (χ3n) is 3.12. The zero-order valence-corrected chi connectivity index (χ0v) is 19.9. The normalized spacial score (nSPS) is 11.7. The van der Waals surface area contributed by atoms with E-state index in [1.54, 1.807) is 0 Å². The second-order valence-electron chi connectivity index (χ2n) is 4.90. The second kappa shape index (κ2) is 10.9. The molecule has 0 saturated heterocycles. The Bertz CT molecular complexity index is 729. The van der Waals surface area contributed by atoms with Gasteiger partial charge in [-0.1, -0.05) is 0 Å². The number of carbonyl (C=O) groups is 3. The first-order valence-corrected chi connectivity index (χ1v) is 10.3. The average Bonchev–Trinajstić information content (AvgIpc) is 2.62. The van der Waals surface area contributed by atoms with Gasteiger partial charge >= 0.3 is 0 Å². The van der Waals surface area contributed by atoms with Crippen LogP contribution in [0.1, 0.15) is 20.7 Å². The summed E-state index contributed by atoms with van der Waals surface area (Å²) in [5.74, 6) is -1.71. The quantitative estimate of drug-likeness (QED) is 0.219. The molecule has 0 fully saturated rings. The monoisotopic (exact) mass is 703 g/mol. The Morgan fingerprint density at radius 1 is 1.00 bits per heavy atom. The van der Waals surface area contributed by atoms with E-state index in [0.29, 0.717) is 10.7 Å². The number of benzene rings is 1. The molecule has 0 radical (unpaired) electrons. The van der Waals surface area contributed by atoms with E-state index in [4.69, 9.17) is 10.2 Å². The maximum absolute atomic E-state index is 12.6. The van der Waals surface area contributed by atoms with Gasteiger partial charge in [-0.15, -0.1) is 0 Å². The lowest BCUT2D eigenvalue weighted by Gasteiger charge is -2.19. The molecule has 1 rings (SSSR count). The van der Waals surface area contributed by atoms with Gasteiger partial charge in [0.05, 0.1) is 36.7 Å². The second-order valence-corrected chi connectivity index (χ2v) is 8.14. The van der Waals surface area contributed by atoms with E-state index in [1.165, 1.54) is 7.05 Å². The fourth-order valence-corrected chi connectivity index (χ4v) is 6.26. The number of anilines is 1. The summed E-state index contributed by atoms with van der Waals surface area (Å²) in [6.07, 6.45) is -1.12. The van der Waals surface area contributed by atoms with Gasteiger partial charge in [0.2, 0.25) is 5.91 Å². The Hall–Kier alpha value is -0.300.